The molecule has 3 aliphatic heterocycles. The van der Waals surface area contributed by atoms with Crippen LogP contribution in [0.25, 0.3) is 0 Å². The second-order valence-electron chi connectivity index (χ2n) is 8.66. The van der Waals surface area contributed by atoms with Crippen LogP contribution in [0.4, 0.5) is 0 Å². The third kappa shape index (κ3) is 3.65. The molecule has 1 aromatic rings. The lowest BCUT2D eigenvalue weighted by molar-refractivity contribution is -0.144. The number of benzene rings is 1. The molecule has 4 rings (SSSR count). The van der Waals surface area contributed by atoms with E-state index in [1.807, 2.05) is 39.0 Å². The Labute approximate surface area is 176 Å². The lowest BCUT2D eigenvalue weighted by Gasteiger charge is -2.38. The molecule has 6 nitrogen and oxygen atoms in total. The van der Waals surface area contributed by atoms with E-state index in [9.17, 15) is 14.4 Å². The standard InChI is InChI=1S/C22H29N3O3S/c1-15(2)16-4-6-17(7-5-16)20(27)23-10-12-24(13-11-23)21(28)18-14-29-22(3)9-8-19(26)25(18)22/h4-7,15,18H,8-14H2,1-3H3. The van der Waals surface area contributed by atoms with E-state index in [1.54, 1.807) is 11.8 Å². The van der Waals surface area contributed by atoms with Crippen LogP contribution in [-0.2, 0) is 9.59 Å². The van der Waals surface area contributed by atoms with Crippen molar-refractivity contribution >= 4 is 29.5 Å². The van der Waals surface area contributed by atoms with Crippen LogP contribution in [0.5, 0.6) is 0 Å². The zero-order chi connectivity index (χ0) is 20.8. The molecular formula is C22H29N3O3S. The first-order valence-corrected chi connectivity index (χ1v) is 11.4. The Bertz CT molecular complexity index is 817. The summed E-state index contributed by atoms with van der Waals surface area (Å²) in [5.74, 6) is 1.25. The number of hydrogen-bond donors (Lipinski definition) is 0. The van der Waals surface area contributed by atoms with E-state index in [0.29, 0.717) is 49.8 Å². The third-order valence-corrected chi connectivity index (χ3v) is 7.94. The minimum absolute atomic E-state index is 0.0196. The van der Waals surface area contributed by atoms with Crippen molar-refractivity contribution in [2.45, 2.75) is 50.4 Å². The molecule has 3 amide bonds. The summed E-state index contributed by atoms with van der Waals surface area (Å²) in [6.45, 7) is 8.44. The van der Waals surface area contributed by atoms with E-state index in [-0.39, 0.29) is 28.6 Å². The Balaban J connectivity index is 1.36. The number of fused-ring (bicyclic) bond motifs is 1. The molecule has 0 aromatic heterocycles. The van der Waals surface area contributed by atoms with Gasteiger partial charge in [0.15, 0.2) is 0 Å². The first-order chi connectivity index (χ1) is 13.8. The number of amides is 3. The summed E-state index contributed by atoms with van der Waals surface area (Å²) >= 11 is 1.72. The van der Waals surface area contributed by atoms with Crippen LogP contribution >= 0.6 is 11.8 Å². The Morgan fingerprint density at radius 3 is 2.31 bits per heavy atom. The maximum absolute atomic E-state index is 13.1. The fourth-order valence-corrected chi connectivity index (χ4v) is 5.96. The first-order valence-electron chi connectivity index (χ1n) is 10.4. The highest BCUT2D eigenvalue weighted by Crippen LogP contribution is 2.47. The van der Waals surface area contributed by atoms with Crippen molar-refractivity contribution < 1.29 is 14.4 Å². The van der Waals surface area contributed by atoms with Crippen molar-refractivity contribution in [3.05, 3.63) is 35.4 Å². The van der Waals surface area contributed by atoms with Crippen molar-refractivity contribution in [2.24, 2.45) is 0 Å². The van der Waals surface area contributed by atoms with E-state index in [2.05, 4.69) is 20.8 Å². The van der Waals surface area contributed by atoms with Crippen molar-refractivity contribution in [2.75, 3.05) is 31.9 Å². The maximum atomic E-state index is 13.1. The van der Waals surface area contributed by atoms with Gasteiger partial charge >= 0.3 is 0 Å². The molecular weight excluding hydrogens is 386 g/mol. The zero-order valence-electron chi connectivity index (χ0n) is 17.4. The van der Waals surface area contributed by atoms with Crippen LogP contribution < -0.4 is 0 Å². The van der Waals surface area contributed by atoms with Crippen LogP contribution in [0, 0.1) is 0 Å². The predicted octanol–water partition coefficient (Wildman–Crippen LogP) is 2.55. The van der Waals surface area contributed by atoms with Gasteiger partial charge in [0.1, 0.15) is 6.04 Å². The van der Waals surface area contributed by atoms with Gasteiger partial charge in [-0.05, 0) is 37.0 Å². The van der Waals surface area contributed by atoms with Crippen LogP contribution in [0.2, 0.25) is 0 Å². The maximum Gasteiger partial charge on any atom is 0.253 e. The summed E-state index contributed by atoms with van der Waals surface area (Å²) in [6.07, 6.45) is 1.35. The average Bonchev–Trinajstić information content (AvgIpc) is 3.23. The molecule has 3 heterocycles. The Kier molecular flexibility index (Phi) is 5.36. The fourth-order valence-electron chi connectivity index (χ4n) is 4.54. The van der Waals surface area contributed by atoms with Crippen molar-refractivity contribution in [1.82, 2.24) is 14.7 Å². The number of nitrogens with zero attached hydrogens (tertiary/aromatic N) is 3. The minimum Gasteiger partial charge on any atom is -0.337 e. The lowest BCUT2D eigenvalue weighted by Crippen LogP contribution is -2.56. The number of carbonyl (C=O) groups excluding carboxylic acids is 3. The Morgan fingerprint density at radius 2 is 1.69 bits per heavy atom. The molecule has 1 aromatic carbocycles. The van der Waals surface area contributed by atoms with Crippen LogP contribution in [0.3, 0.4) is 0 Å². The normalized spacial score (nSPS) is 27.0. The number of rotatable bonds is 3. The molecule has 0 spiro atoms. The van der Waals surface area contributed by atoms with Crippen LogP contribution in [0.1, 0.15) is 55.5 Å². The minimum atomic E-state index is -0.356. The van der Waals surface area contributed by atoms with Gasteiger partial charge in [-0.15, -0.1) is 11.8 Å². The molecule has 7 heteroatoms. The molecule has 156 valence electrons. The second kappa shape index (κ2) is 7.67. The Hall–Kier alpha value is -2.02. The topological polar surface area (TPSA) is 60.9 Å². The van der Waals surface area contributed by atoms with Crippen molar-refractivity contribution in [1.29, 1.82) is 0 Å². The summed E-state index contributed by atoms with van der Waals surface area (Å²) in [6, 6.07) is 7.46. The van der Waals surface area contributed by atoms with E-state index >= 15 is 0 Å². The highest BCUT2D eigenvalue weighted by Gasteiger charge is 2.53. The van der Waals surface area contributed by atoms with Crippen molar-refractivity contribution in [3.63, 3.8) is 0 Å². The van der Waals surface area contributed by atoms with Crippen LogP contribution in [0.15, 0.2) is 24.3 Å². The van der Waals surface area contributed by atoms with Crippen molar-refractivity contribution in [3.8, 4) is 0 Å². The fraction of sp³-hybridized carbons (Fsp3) is 0.591. The molecule has 3 fully saturated rings. The number of thioether (sulfide) groups is 1. The van der Waals surface area contributed by atoms with Gasteiger partial charge in [0.05, 0.1) is 4.87 Å². The molecule has 2 atom stereocenters. The SMILES string of the molecule is CC(C)c1ccc(C(=O)N2CCN(C(=O)C3CSC4(C)CCC(=O)N34)CC2)cc1. The second-order valence-corrected chi connectivity index (χ2v) is 10.2. The van der Waals surface area contributed by atoms with Gasteiger partial charge in [0.2, 0.25) is 11.8 Å². The van der Waals surface area contributed by atoms with Gasteiger partial charge in [-0.3, -0.25) is 14.4 Å². The van der Waals surface area contributed by atoms with E-state index in [4.69, 9.17) is 0 Å². The number of piperazine rings is 1. The Morgan fingerprint density at radius 1 is 1.07 bits per heavy atom. The largest absolute Gasteiger partial charge is 0.337 e. The third-order valence-electron chi connectivity index (χ3n) is 6.43. The molecule has 29 heavy (non-hydrogen) atoms. The van der Waals surface area contributed by atoms with Crippen LogP contribution in [-0.4, -0.2) is 75.3 Å². The van der Waals surface area contributed by atoms with Gasteiger partial charge in [0, 0.05) is 43.9 Å². The molecule has 0 bridgehead atoms. The summed E-state index contributed by atoms with van der Waals surface area (Å²) in [4.78, 5) is 43.5. The van der Waals surface area contributed by atoms with Gasteiger partial charge < -0.3 is 14.7 Å². The lowest BCUT2D eigenvalue weighted by atomic mass is 10.0. The molecule has 3 saturated heterocycles. The van der Waals surface area contributed by atoms with Gasteiger partial charge in [-0.25, -0.2) is 0 Å². The van der Waals surface area contributed by atoms with E-state index < -0.39 is 0 Å². The summed E-state index contributed by atoms with van der Waals surface area (Å²) in [5, 5.41) is 0. The van der Waals surface area contributed by atoms with Gasteiger partial charge in [-0.1, -0.05) is 26.0 Å². The van der Waals surface area contributed by atoms with E-state index in [0.717, 1.165) is 6.42 Å². The molecule has 0 N–H and O–H groups in total. The average molecular weight is 416 g/mol. The molecule has 0 saturated carbocycles. The van der Waals surface area contributed by atoms with E-state index in [1.165, 1.54) is 5.56 Å². The van der Waals surface area contributed by atoms with Gasteiger partial charge in [-0.2, -0.15) is 0 Å². The summed E-state index contributed by atoms with van der Waals surface area (Å²) in [7, 11) is 0. The monoisotopic (exact) mass is 415 g/mol. The molecule has 2 unspecified atom stereocenters. The smallest absolute Gasteiger partial charge is 0.253 e. The number of carbonyl (C=O) groups is 3. The summed E-state index contributed by atoms with van der Waals surface area (Å²) in [5.41, 5.74) is 1.91. The number of hydrogen-bond acceptors (Lipinski definition) is 4. The highest BCUT2D eigenvalue weighted by atomic mass is 32.2. The molecule has 0 radical (unpaired) electrons. The summed E-state index contributed by atoms with van der Waals surface area (Å²) < 4.78 is 0. The first kappa shape index (κ1) is 20.3. The highest BCUT2D eigenvalue weighted by molar-refractivity contribution is 8.01. The predicted molar refractivity (Wildman–Crippen MR) is 114 cm³/mol. The molecule has 0 aliphatic carbocycles. The quantitative estimate of drug-likeness (QED) is 0.761. The zero-order valence-corrected chi connectivity index (χ0v) is 18.2. The molecule has 3 aliphatic rings. The van der Waals surface area contributed by atoms with Gasteiger partial charge in [0.25, 0.3) is 5.91 Å².